The van der Waals surface area contributed by atoms with Gasteiger partial charge in [-0.1, -0.05) is 5.92 Å². The molecule has 0 saturated carbocycles. The Morgan fingerprint density at radius 3 is 2.62 bits per heavy atom. The van der Waals surface area contributed by atoms with Crippen molar-refractivity contribution in [3.8, 4) is 29.2 Å². The Labute approximate surface area is 243 Å². The second-order valence-electron chi connectivity index (χ2n) is 11.5. The largest absolute Gasteiger partial charge is 0.488 e. The number of likely N-dealkylation sites (tertiary alicyclic amines) is 1. The monoisotopic (exact) mass is 568 g/mol. The van der Waals surface area contributed by atoms with Gasteiger partial charge in [0.15, 0.2) is 0 Å². The molecule has 1 fully saturated rings. The Kier molecular flexibility index (Phi) is 7.24. The number of carbonyl (C=O) groups is 2. The van der Waals surface area contributed by atoms with E-state index in [1.807, 2.05) is 43.6 Å². The van der Waals surface area contributed by atoms with E-state index in [1.54, 1.807) is 43.9 Å². The Morgan fingerprint density at radius 1 is 1.17 bits per heavy atom. The molecule has 42 heavy (non-hydrogen) atoms. The lowest BCUT2D eigenvalue weighted by Crippen LogP contribution is -2.52. The average molecular weight is 569 g/mol. The second-order valence-corrected chi connectivity index (χ2v) is 11.5. The summed E-state index contributed by atoms with van der Waals surface area (Å²) in [7, 11) is 1.83. The zero-order chi connectivity index (χ0) is 30.2. The molecule has 1 saturated heterocycles. The first-order chi connectivity index (χ1) is 19.8. The van der Waals surface area contributed by atoms with Crippen LogP contribution in [0.25, 0.3) is 22.0 Å². The van der Waals surface area contributed by atoms with E-state index in [0.29, 0.717) is 17.4 Å². The van der Waals surface area contributed by atoms with Gasteiger partial charge < -0.3 is 19.9 Å². The van der Waals surface area contributed by atoms with E-state index in [0.717, 1.165) is 27.6 Å². The molecule has 11 nitrogen and oxygen atoms in total. The molecular weight excluding hydrogens is 536 g/mol. The molecule has 0 radical (unpaired) electrons. The lowest BCUT2D eigenvalue weighted by atomic mass is 9.98. The summed E-state index contributed by atoms with van der Waals surface area (Å²) in [5.41, 5.74) is 1.51. The molecule has 0 bridgehead atoms. The van der Waals surface area contributed by atoms with Crippen LogP contribution in [-0.4, -0.2) is 65.6 Å². The van der Waals surface area contributed by atoms with Crippen molar-refractivity contribution in [3.05, 3.63) is 60.6 Å². The van der Waals surface area contributed by atoms with Gasteiger partial charge in [-0.15, -0.1) is 6.42 Å². The molecule has 1 aliphatic rings. The van der Waals surface area contributed by atoms with Crippen LogP contribution in [0.15, 0.2) is 55.0 Å². The number of ether oxygens (including phenoxy) is 2. The number of nitrogens with zero attached hydrogens (tertiary/aromatic N) is 5. The van der Waals surface area contributed by atoms with Crippen molar-refractivity contribution in [2.75, 3.05) is 11.9 Å². The SMILES string of the molecule is C#Cc1ccc2nc(Nc3cc(O[C@@H]4CN(C(=O)OC(C)(C)C)[C@](C)(C(=O)O)C4)cc(-c4cnn(C)c4)c3)ncc2c1. The third kappa shape index (κ3) is 5.98. The van der Waals surface area contributed by atoms with Crippen LogP contribution in [0.1, 0.15) is 39.7 Å². The summed E-state index contributed by atoms with van der Waals surface area (Å²) in [5.74, 6) is 2.33. The maximum atomic E-state index is 12.9. The lowest BCUT2D eigenvalue weighted by Gasteiger charge is -2.32. The molecule has 2 N–H and O–H groups in total. The predicted octanol–water partition coefficient (Wildman–Crippen LogP) is 4.99. The number of terminal acetylenes is 1. The van der Waals surface area contributed by atoms with Gasteiger partial charge in [0.1, 0.15) is 23.0 Å². The number of carboxylic acids is 1. The number of aliphatic carboxylic acids is 1. The van der Waals surface area contributed by atoms with Crippen molar-refractivity contribution in [3.63, 3.8) is 0 Å². The van der Waals surface area contributed by atoms with Gasteiger partial charge in [-0.2, -0.15) is 5.10 Å². The summed E-state index contributed by atoms with van der Waals surface area (Å²) in [4.78, 5) is 35.5. The number of amides is 1. The van der Waals surface area contributed by atoms with Crippen molar-refractivity contribution in [2.45, 2.75) is 51.4 Å². The number of fused-ring (bicyclic) bond motifs is 1. The number of rotatable bonds is 6. The average Bonchev–Trinajstić information content (AvgIpc) is 3.51. The van der Waals surface area contributed by atoms with E-state index in [2.05, 4.69) is 26.3 Å². The number of carboxylic acid groups (broad SMARTS) is 1. The van der Waals surface area contributed by atoms with Gasteiger partial charge in [0.2, 0.25) is 5.95 Å². The lowest BCUT2D eigenvalue weighted by molar-refractivity contribution is -0.148. The zero-order valence-corrected chi connectivity index (χ0v) is 24.1. The van der Waals surface area contributed by atoms with Crippen molar-refractivity contribution in [2.24, 2.45) is 7.05 Å². The number of benzene rings is 2. The van der Waals surface area contributed by atoms with E-state index >= 15 is 0 Å². The van der Waals surface area contributed by atoms with Crippen LogP contribution in [-0.2, 0) is 16.6 Å². The van der Waals surface area contributed by atoms with Gasteiger partial charge >= 0.3 is 12.1 Å². The summed E-state index contributed by atoms with van der Waals surface area (Å²) < 4.78 is 13.5. The Morgan fingerprint density at radius 2 is 1.95 bits per heavy atom. The fourth-order valence-corrected chi connectivity index (χ4v) is 4.88. The number of nitrogens with one attached hydrogen (secondary N) is 1. The van der Waals surface area contributed by atoms with Gasteiger partial charge in [-0.25, -0.2) is 19.6 Å². The van der Waals surface area contributed by atoms with Crippen LogP contribution in [0.5, 0.6) is 5.75 Å². The molecule has 4 aromatic rings. The van der Waals surface area contributed by atoms with E-state index in [1.165, 1.54) is 11.8 Å². The maximum absolute atomic E-state index is 12.9. The van der Waals surface area contributed by atoms with Crippen LogP contribution >= 0.6 is 0 Å². The Bertz CT molecular complexity index is 1720. The topological polar surface area (TPSA) is 132 Å². The van der Waals surface area contributed by atoms with Crippen LogP contribution < -0.4 is 10.1 Å². The third-order valence-electron chi connectivity index (χ3n) is 6.93. The molecular formula is C31H32N6O5. The molecule has 11 heteroatoms. The highest BCUT2D eigenvalue weighted by Crippen LogP contribution is 2.36. The molecule has 2 aromatic heterocycles. The smallest absolute Gasteiger partial charge is 0.411 e. The molecule has 3 heterocycles. The first-order valence-corrected chi connectivity index (χ1v) is 13.4. The Hall–Kier alpha value is -5.11. The minimum Gasteiger partial charge on any atom is -0.488 e. The predicted molar refractivity (Wildman–Crippen MR) is 157 cm³/mol. The van der Waals surface area contributed by atoms with E-state index in [9.17, 15) is 14.7 Å². The van der Waals surface area contributed by atoms with Crippen LogP contribution in [0.3, 0.4) is 0 Å². The molecule has 2 atom stereocenters. The summed E-state index contributed by atoms with van der Waals surface area (Å²) in [6.45, 7) is 6.76. The number of hydrogen-bond donors (Lipinski definition) is 2. The molecule has 2 aromatic carbocycles. The molecule has 1 amide bonds. The maximum Gasteiger partial charge on any atom is 0.411 e. The highest BCUT2D eigenvalue weighted by molar-refractivity contribution is 5.85. The molecule has 1 aliphatic heterocycles. The number of carbonyl (C=O) groups excluding carboxylic acids is 1. The first-order valence-electron chi connectivity index (χ1n) is 13.4. The van der Waals surface area contributed by atoms with Crippen molar-refractivity contribution in [1.29, 1.82) is 0 Å². The molecule has 5 rings (SSSR count). The summed E-state index contributed by atoms with van der Waals surface area (Å²) >= 11 is 0. The summed E-state index contributed by atoms with van der Waals surface area (Å²) in [6.07, 6.45) is 9.60. The fourth-order valence-electron chi connectivity index (χ4n) is 4.88. The second kappa shape index (κ2) is 10.7. The summed E-state index contributed by atoms with van der Waals surface area (Å²) in [6, 6.07) is 11.1. The van der Waals surface area contributed by atoms with Gasteiger partial charge in [0, 0.05) is 54.1 Å². The van der Waals surface area contributed by atoms with Gasteiger partial charge in [-0.05, 0) is 63.6 Å². The minimum absolute atomic E-state index is 0.0467. The van der Waals surface area contributed by atoms with E-state index < -0.39 is 29.3 Å². The standard InChI is InChI=1S/C31H32N6O5/c1-7-19-8-9-26-21(10-19)15-32-28(35-26)34-23-11-20(22-16-33-36(6)17-22)12-24(13-23)41-25-14-31(5,27(38)39)37(18-25)29(40)42-30(2,3)4/h1,8-13,15-17,25H,14,18H2,2-6H3,(H,38,39)(H,32,34,35)/t25-,31-/m0/s1. The number of aromatic nitrogens is 4. The van der Waals surface area contributed by atoms with Crippen molar-refractivity contribution >= 4 is 34.6 Å². The third-order valence-corrected chi connectivity index (χ3v) is 6.93. The molecule has 0 unspecified atom stereocenters. The van der Waals surface area contributed by atoms with Crippen molar-refractivity contribution in [1.82, 2.24) is 24.6 Å². The van der Waals surface area contributed by atoms with Gasteiger partial charge in [0.25, 0.3) is 0 Å². The Balaban J connectivity index is 1.45. The normalized spacial score (nSPS) is 18.5. The quantitative estimate of drug-likeness (QED) is 0.309. The van der Waals surface area contributed by atoms with Gasteiger partial charge in [-0.3, -0.25) is 9.58 Å². The van der Waals surface area contributed by atoms with Crippen LogP contribution in [0.2, 0.25) is 0 Å². The summed E-state index contributed by atoms with van der Waals surface area (Å²) in [5, 5.41) is 18.4. The van der Waals surface area contributed by atoms with Crippen molar-refractivity contribution < 1.29 is 24.2 Å². The zero-order valence-electron chi connectivity index (χ0n) is 24.1. The first kappa shape index (κ1) is 28.4. The van der Waals surface area contributed by atoms with Crippen LogP contribution in [0.4, 0.5) is 16.4 Å². The number of anilines is 2. The van der Waals surface area contributed by atoms with E-state index in [-0.39, 0.29) is 13.0 Å². The highest BCUT2D eigenvalue weighted by atomic mass is 16.6. The molecule has 0 spiro atoms. The number of aryl methyl sites for hydroxylation is 1. The number of hydrogen-bond acceptors (Lipinski definition) is 8. The van der Waals surface area contributed by atoms with Gasteiger partial charge in [0.05, 0.1) is 18.3 Å². The molecule has 216 valence electrons. The van der Waals surface area contributed by atoms with E-state index in [4.69, 9.17) is 15.9 Å². The fraction of sp³-hybridized carbons (Fsp3) is 0.323. The van der Waals surface area contributed by atoms with Crippen LogP contribution in [0, 0.1) is 12.3 Å². The highest BCUT2D eigenvalue weighted by Gasteiger charge is 2.52. The minimum atomic E-state index is -1.49. The molecule has 0 aliphatic carbocycles.